The van der Waals surface area contributed by atoms with E-state index in [4.69, 9.17) is 0 Å². The van der Waals surface area contributed by atoms with Gasteiger partial charge in [0.15, 0.2) is 6.29 Å². The maximum atomic E-state index is 10.7. The fourth-order valence-electron chi connectivity index (χ4n) is 1.34. The van der Waals surface area contributed by atoms with E-state index in [0.29, 0.717) is 0 Å². The van der Waals surface area contributed by atoms with E-state index < -0.39 is 0 Å². The van der Waals surface area contributed by atoms with Gasteiger partial charge >= 0.3 is 0 Å². The van der Waals surface area contributed by atoms with Crippen LogP contribution in [-0.2, 0) is 5.33 Å². The van der Waals surface area contributed by atoms with Gasteiger partial charge in [-0.25, -0.2) is 0 Å². The lowest BCUT2D eigenvalue weighted by Crippen LogP contribution is -1.79. The molecule has 0 radical (unpaired) electrons. The monoisotopic (exact) mass is 380 g/mol. The van der Waals surface area contributed by atoms with Crippen molar-refractivity contribution in [2.75, 3.05) is 0 Å². The average Bonchev–Trinajstić information content (AvgIpc) is 2.63. The SMILES string of the molecule is O=Cc1cc2c(CBr)ccc(I)c2s1. The average molecular weight is 381 g/mol. The molecule has 0 bridgehead atoms. The van der Waals surface area contributed by atoms with Crippen LogP contribution in [0.3, 0.4) is 0 Å². The van der Waals surface area contributed by atoms with Crippen LogP contribution in [0, 0.1) is 3.57 Å². The highest BCUT2D eigenvalue weighted by atomic mass is 127. The minimum atomic E-state index is 0.798. The zero-order valence-corrected chi connectivity index (χ0v) is 11.6. The first-order chi connectivity index (χ1) is 6.76. The van der Waals surface area contributed by atoms with Crippen molar-refractivity contribution in [2.24, 2.45) is 0 Å². The summed E-state index contributed by atoms with van der Waals surface area (Å²) in [5, 5.41) is 2.02. The summed E-state index contributed by atoms with van der Waals surface area (Å²) in [5.74, 6) is 0. The second kappa shape index (κ2) is 4.28. The third kappa shape index (κ3) is 1.75. The maximum Gasteiger partial charge on any atom is 0.160 e. The predicted octanol–water partition coefficient (Wildman–Crippen LogP) is 4.21. The third-order valence-electron chi connectivity index (χ3n) is 2.00. The van der Waals surface area contributed by atoms with E-state index in [1.807, 2.05) is 6.07 Å². The molecule has 0 spiro atoms. The zero-order chi connectivity index (χ0) is 10.1. The second-order valence-corrected chi connectivity index (χ2v) is 5.66. The normalized spacial score (nSPS) is 10.7. The molecule has 1 heterocycles. The smallest absolute Gasteiger partial charge is 0.160 e. The molecule has 0 N–H and O–H groups in total. The number of hydrogen-bond acceptors (Lipinski definition) is 2. The van der Waals surface area contributed by atoms with Gasteiger partial charge in [0.1, 0.15) is 0 Å². The molecule has 0 aliphatic heterocycles. The molecule has 0 amide bonds. The molecule has 0 aliphatic rings. The number of carbonyl (C=O) groups is 1. The summed E-state index contributed by atoms with van der Waals surface area (Å²) in [4.78, 5) is 11.5. The molecule has 4 heteroatoms. The van der Waals surface area contributed by atoms with Crippen molar-refractivity contribution in [3.63, 3.8) is 0 Å². The van der Waals surface area contributed by atoms with Crippen LogP contribution in [0.25, 0.3) is 10.1 Å². The number of alkyl halides is 1. The lowest BCUT2D eigenvalue weighted by atomic mass is 10.1. The molecule has 1 nitrogen and oxygen atoms in total. The second-order valence-electron chi connectivity index (χ2n) is 2.85. The van der Waals surface area contributed by atoms with Gasteiger partial charge in [0, 0.05) is 13.6 Å². The molecule has 72 valence electrons. The van der Waals surface area contributed by atoms with Gasteiger partial charge < -0.3 is 0 Å². The van der Waals surface area contributed by atoms with Crippen LogP contribution in [0.1, 0.15) is 15.2 Å². The van der Waals surface area contributed by atoms with Gasteiger partial charge in [0.05, 0.1) is 4.88 Å². The van der Waals surface area contributed by atoms with E-state index in [1.54, 1.807) is 11.3 Å². The first-order valence-corrected chi connectivity index (χ1v) is 7.00. The summed E-state index contributed by atoms with van der Waals surface area (Å²) < 4.78 is 2.42. The van der Waals surface area contributed by atoms with Crippen LogP contribution < -0.4 is 0 Å². The quantitative estimate of drug-likeness (QED) is 0.433. The molecule has 14 heavy (non-hydrogen) atoms. The van der Waals surface area contributed by atoms with Crippen LogP contribution in [0.4, 0.5) is 0 Å². The van der Waals surface area contributed by atoms with E-state index in [0.717, 1.165) is 16.5 Å². The van der Waals surface area contributed by atoms with Gasteiger partial charge in [0.2, 0.25) is 0 Å². The van der Waals surface area contributed by atoms with E-state index in [-0.39, 0.29) is 0 Å². The number of carbonyl (C=O) groups excluding carboxylic acids is 1. The highest BCUT2D eigenvalue weighted by Gasteiger charge is 2.07. The van der Waals surface area contributed by atoms with Gasteiger partial charge in [-0.1, -0.05) is 22.0 Å². The number of hydrogen-bond donors (Lipinski definition) is 0. The number of fused-ring (bicyclic) bond motifs is 1. The summed E-state index contributed by atoms with van der Waals surface area (Å²) in [6, 6.07) is 6.15. The van der Waals surface area contributed by atoms with Crippen molar-refractivity contribution in [2.45, 2.75) is 5.33 Å². The third-order valence-corrected chi connectivity index (χ3v) is 4.97. The van der Waals surface area contributed by atoms with E-state index in [1.165, 1.54) is 19.2 Å². The summed E-state index contributed by atoms with van der Waals surface area (Å²) in [5.41, 5.74) is 1.24. The number of benzene rings is 1. The number of aldehydes is 1. The highest BCUT2D eigenvalue weighted by Crippen LogP contribution is 2.32. The molecule has 2 aromatic rings. The van der Waals surface area contributed by atoms with Gasteiger partial charge in [-0.05, 0) is 45.7 Å². The molecule has 0 unspecified atom stereocenters. The van der Waals surface area contributed by atoms with Crippen molar-refractivity contribution in [1.29, 1.82) is 0 Å². The van der Waals surface area contributed by atoms with Crippen LogP contribution in [0.2, 0.25) is 0 Å². The van der Waals surface area contributed by atoms with Gasteiger partial charge in [-0.2, -0.15) is 0 Å². The molecule has 0 saturated carbocycles. The van der Waals surface area contributed by atoms with Crippen molar-refractivity contribution < 1.29 is 4.79 Å². The Kier molecular flexibility index (Phi) is 3.23. The van der Waals surface area contributed by atoms with Crippen molar-refractivity contribution in [3.8, 4) is 0 Å². The molecule has 0 fully saturated rings. The molecule has 2 rings (SSSR count). The Bertz CT molecular complexity index is 492. The molecule has 0 saturated heterocycles. The molecule has 1 aromatic carbocycles. The Balaban J connectivity index is 2.81. The first kappa shape index (κ1) is 10.6. The Labute approximate surface area is 108 Å². The minimum Gasteiger partial charge on any atom is -0.297 e. The number of halogens is 2. The van der Waals surface area contributed by atoms with Gasteiger partial charge in [0.25, 0.3) is 0 Å². The maximum absolute atomic E-state index is 10.7. The Morgan fingerprint density at radius 1 is 1.50 bits per heavy atom. The molecular formula is C10H6BrIOS. The molecule has 0 aliphatic carbocycles. The van der Waals surface area contributed by atoms with E-state index in [9.17, 15) is 4.79 Å². The molecule has 0 atom stereocenters. The standard InChI is InChI=1S/C10H6BrIOS/c11-4-6-1-2-9(12)10-8(6)3-7(5-13)14-10/h1-3,5H,4H2. The fraction of sp³-hybridized carbons (Fsp3) is 0.100. The van der Waals surface area contributed by atoms with E-state index >= 15 is 0 Å². The minimum absolute atomic E-state index is 0.798. The first-order valence-electron chi connectivity index (χ1n) is 3.98. The van der Waals surface area contributed by atoms with Crippen molar-refractivity contribution in [3.05, 3.63) is 32.2 Å². The lowest BCUT2D eigenvalue weighted by molar-refractivity contribution is 0.112. The predicted molar refractivity (Wildman–Crippen MR) is 72.6 cm³/mol. The topological polar surface area (TPSA) is 17.1 Å². The largest absolute Gasteiger partial charge is 0.297 e. The summed E-state index contributed by atoms with van der Waals surface area (Å²) in [6.07, 6.45) is 0.915. The summed E-state index contributed by atoms with van der Waals surface area (Å²) in [7, 11) is 0. The van der Waals surface area contributed by atoms with Crippen LogP contribution >= 0.6 is 49.9 Å². The van der Waals surface area contributed by atoms with E-state index in [2.05, 4.69) is 50.7 Å². The Hall–Kier alpha value is 0.0600. The number of rotatable bonds is 2. The lowest BCUT2D eigenvalue weighted by Gasteiger charge is -1.99. The Morgan fingerprint density at radius 3 is 2.93 bits per heavy atom. The summed E-state index contributed by atoms with van der Waals surface area (Å²) >= 11 is 7.31. The Morgan fingerprint density at radius 2 is 2.29 bits per heavy atom. The zero-order valence-electron chi connectivity index (χ0n) is 7.09. The molecule has 1 aromatic heterocycles. The van der Waals surface area contributed by atoms with Gasteiger partial charge in [-0.15, -0.1) is 11.3 Å². The van der Waals surface area contributed by atoms with Crippen LogP contribution in [0.15, 0.2) is 18.2 Å². The van der Waals surface area contributed by atoms with Crippen molar-refractivity contribution in [1.82, 2.24) is 0 Å². The van der Waals surface area contributed by atoms with Crippen molar-refractivity contribution >= 4 is 66.2 Å². The molecular weight excluding hydrogens is 375 g/mol. The van der Waals surface area contributed by atoms with Crippen LogP contribution in [0.5, 0.6) is 0 Å². The number of thiophene rings is 1. The van der Waals surface area contributed by atoms with Gasteiger partial charge in [-0.3, -0.25) is 4.79 Å². The highest BCUT2D eigenvalue weighted by molar-refractivity contribution is 14.1. The van der Waals surface area contributed by atoms with Crippen LogP contribution in [-0.4, -0.2) is 6.29 Å². The fourth-order valence-corrected chi connectivity index (χ4v) is 3.56. The summed E-state index contributed by atoms with van der Waals surface area (Å²) in [6.45, 7) is 0.